The van der Waals surface area contributed by atoms with Crippen molar-refractivity contribution in [3.05, 3.63) is 70.8 Å². The van der Waals surface area contributed by atoms with Gasteiger partial charge in [-0.3, -0.25) is 9.59 Å². The van der Waals surface area contributed by atoms with Crippen LogP contribution in [0.25, 0.3) is 0 Å². The van der Waals surface area contributed by atoms with Crippen LogP contribution >= 0.6 is 0 Å². The third kappa shape index (κ3) is 9.82. The molecule has 10 fully saturated rings. The first kappa shape index (κ1) is 60.5. The second-order valence-corrected chi connectivity index (χ2v) is 31.1. The van der Waals surface area contributed by atoms with E-state index in [0.29, 0.717) is 47.1 Å². The Morgan fingerprint density at radius 2 is 0.575 bits per heavy atom. The third-order valence-electron chi connectivity index (χ3n) is 26.4. The average Bonchev–Trinajstić information content (AvgIpc) is 4.10. The fraction of sp³-hybridized carbons (Fsp3) is 0.703. The van der Waals surface area contributed by atoms with Crippen molar-refractivity contribution < 1.29 is 30.0 Å². The van der Waals surface area contributed by atoms with Gasteiger partial charge in [0.15, 0.2) is 0 Å². The fourth-order valence-corrected chi connectivity index (χ4v) is 18.3. The summed E-state index contributed by atoms with van der Waals surface area (Å²) in [6, 6.07) is 15.9. The summed E-state index contributed by atoms with van der Waals surface area (Å²) in [6.45, 7) is 31.5. The minimum Gasteiger partial charge on any atom is -0.377 e. The van der Waals surface area contributed by atoms with E-state index in [-0.39, 0.29) is 43.3 Å². The summed E-state index contributed by atoms with van der Waals surface area (Å²) in [5, 5.41) is 45.7. The van der Waals surface area contributed by atoms with Gasteiger partial charge in [0.05, 0.1) is 0 Å². The van der Waals surface area contributed by atoms with Crippen LogP contribution in [-0.2, 0) is 9.59 Å². The van der Waals surface area contributed by atoms with Gasteiger partial charge in [-0.2, -0.15) is 0 Å². The van der Waals surface area contributed by atoms with Gasteiger partial charge in [-0.15, -0.1) is 0 Å². The first-order valence-electron chi connectivity index (χ1n) is 31.4. The molecular weight excluding hydrogens is 985 g/mol. The molecule has 0 aromatic heterocycles. The van der Waals surface area contributed by atoms with Crippen LogP contribution < -0.4 is 0 Å². The van der Waals surface area contributed by atoms with Gasteiger partial charge in [0, 0.05) is 69.6 Å². The Morgan fingerprint density at radius 3 is 0.713 bits per heavy atom. The number of hydrogen-bond donors (Lipinski definition) is 4. The molecule has 432 valence electrons. The topological polar surface area (TPSA) is 115 Å². The van der Waals surface area contributed by atoms with Gasteiger partial charge in [-0.05, 0) is 208 Å². The van der Waals surface area contributed by atoms with E-state index in [1.54, 1.807) is 0 Å². The molecule has 8 bridgehead atoms. The van der Waals surface area contributed by atoms with Gasteiger partial charge in [-0.25, -0.2) is 0 Å². The molecule has 0 unspecified atom stereocenters. The molecule has 12 rings (SSSR count). The molecule has 10 saturated carbocycles. The first-order valence-corrected chi connectivity index (χ1v) is 31.4. The number of Topliss-reactive ketones (excluding diaryl/α,β-unsaturated/α-hetero) is 2. The summed E-state index contributed by atoms with van der Waals surface area (Å²) >= 11 is 0. The molecule has 6 heteroatoms. The highest BCUT2D eigenvalue weighted by atomic mass is 16.3. The van der Waals surface area contributed by atoms with Crippen molar-refractivity contribution in [2.24, 2.45) is 78.8 Å². The van der Waals surface area contributed by atoms with Crippen LogP contribution in [0.3, 0.4) is 0 Å². The summed E-state index contributed by atoms with van der Waals surface area (Å²) in [7, 11) is 0. The van der Waals surface area contributed by atoms with E-state index >= 15 is 0 Å². The highest BCUT2D eigenvalue weighted by molar-refractivity contribution is 5.79. The second-order valence-electron chi connectivity index (χ2n) is 31.1. The number of rotatable bonds is 0. The molecule has 80 heavy (non-hydrogen) atoms. The van der Waals surface area contributed by atoms with Gasteiger partial charge in [0.1, 0.15) is 34.0 Å². The van der Waals surface area contributed by atoms with Crippen molar-refractivity contribution in [1.82, 2.24) is 0 Å². The third-order valence-corrected chi connectivity index (χ3v) is 26.4. The Balaban J connectivity index is 0.000000152. The maximum atomic E-state index is 11.4. The SMILES string of the molecule is CC1(C)[C@@H]2CC[C@@]1(C)[C@@](O)(C#Cc1ccc(C#C[C@@]3(O)C[C@H]4CC[C@]3(C)C4(C)C)cc1)C2.CC1(C)[C@@H]2CC[C@@]1(C)[C@@](O)(C#Cc1ccc(C#C[C@@]3(O)C[C@H]4CC[C@]3(C)C4(C)C)cc1)C2.C[C@H]1CCCC(=O)C1.C[C@H]1CCCC(=O)C1. The van der Waals surface area contributed by atoms with Crippen LogP contribution in [0.15, 0.2) is 48.5 Å². The van der Waals surface area contributed by atoms with Crippen LogP contribution in [0.1, 0.15) is 248 Å². The molecule has 0 saturated heterocycles. The predicted molar refractivity (Wildman–Crippen MR) is 322 cm³/mol. The maximum absolute atomic E-state index is 11.4. The van der Waals surface area contributed by atoms with Gasteiger partial charge in [-0.1, -0.05) is 144 Å². The lowest BCUT2D eigenvalue weighted by Crippen LogP contribution is -2.46. The molecule has 10 aliphatic rings. The van der Waals surface area contributed by atoms with E-state index in [2.05, 4.69) is 144 Å². The Labute approximate surface area is 484 Å². The lowest BCUT2D eigenvalue weighted by Gasteiger charge is -2.42. The number of benzene rings is 2. The minimum atomic E-state index is -0.912. The lowest BCUT2D eigenvalue weighted by molar-refractivity contribution is -0.122. The highest BCUT2D eigenvalue weighted by Crippen LogP contribution is 2.72. The van der Waals surface area contributed by atoms with Crippen molar-refractivity contribution in [3.8, 4) is 47.4 Å². The fourth-order valence-electron chi connectivity index (χ4n) is 18.3. The smallest absolute Gasteiger partial charge is 0.133 e. The molecule has 6 nitrogen and oxygen atoms in total. The summed E-state index contributed by atoms with van der Waals surface area (Å²) in [5.74, 6) is 30.5. The van der Waals surface area contributed by atoms with Crippen molar-refractivity contribution in [2.45, 2.75) is 248 Å². The summed E-state index contributed by atoms with van der Waals surface area (Å²) in [6.07, 6.45) is 20.2. The number of aliphatic hydroxyl groups is 4. The molecule has 14 atom stereocenters. The maximum Gasteiger partial charge on any atom is 0.133 e. The predicted octanol–water partition coefficient (Wildman–Crippen LogP) is 14.6. The van der Waals surface area contributed by atoms with E-state index < -0.39 is 22.4 Å². The van der Waals surface area contributed by atoms with E-state index in [1.165, 1.54) is 38.5 Å². The average molecular weight is 1090 g/mol. The Morgan fingerprint density at radius 1 is 0.362 bits per heavy atom. The molecule has 0 amide bonds. The summed E-state index contributed by atoms with van der Waals surface area (Å²) < 4.78 is 0. The molecule has 0 aliphatic heterocycles. The zero-order chi connectivity index (χ0) is 58.4. The van der Waals surface area contributed by atoms with Gasteiger partial charge in [0.25, 0.3) is 0 Å². The zero-order valence-electron chi connectivity index (χ0n) is 51.8. The van der Waals surface area contributed by atoms with Crippen molar-refractivity contribution in [3.63, 3.8) is 0 Å². The van der Waals surface area contributed by atoms with Crippen LogP contribution in [0.5, 0.6) is 0 Å². The molecule has 0 spiro atoms. The zero-order valence-corrected chi connectivity index (χ0v) is 51.8. The summed E-state index contributed by atoms with van der Waals surface area (Å²) in [4.78, 5) is 21.3. The van der Waals surface area contributed by atoms with Crippen LogP contribution in [0, 0.1) is 126 Å². The molecular formula is C74H100O6. The van der Waals surface area contributed by atoms with E-state index in [9.17, 15) is 30.0 Å². The molecule has 10 aliphatic carbocycles. The molecule has 2 aromatic carbocycles. The largest absolute Gasteiger partial charge is 0.377 e. The number of hydrogen-bond acceptors (Lipinski definition) is 6. The summed E-state index contributed by atoms with van der Waals surface area (Å²) in [5.41, 5.74) is -0.130. The second kappa shape index (κ2) is 20.9. The van der Waals surface area contributed by atoms with Crippen LogP contribution in [-0.4, -0.2) is 54.4 Å². The molecule has 0 heterocycles. The van der Waals surface area contributed by atoms with E-state index in [1.807, 2.05) is 48.5 Å². The van der Waals surface area contributed by atoms with E-state index in [4.69, 9.17) is 0 Å². The highest BCUT2D eigenvalue weighted by Gasteiger charge is 2.71. The number of ketones is 2. The first-order chi connectivity index (χ1) is 37.1. The normalized spacial score (nSPS) is 41.8. The van der Waals surface area contributed by atoms with Crippen molar-refractivity contribution in [1.29, 1.82) is 0 Å². The van der Waals surface area contributed by atoms with Crippen molar-refractivity contribution in [2.75, 3.05) is 0 Å². The lowest BCUT2D eigenvalue weighted by atomic mass is 9.64. The number of carbonyl (C=O) groups is 2. The number of fused-ring (bicyclic) bond motifs is 8. The van der Waals surface area contributed by atoms with Gasteiger partial charge < -0.3 is 20.4 Å². The molecule has 4 N–H and O–H groups in total. The van der Waals surface area contributed by atoms with Crippen molar-refractivity contribution >= 4 is 11.6 Å². The Hall–Kier alpha value is -4.14. The Kier molecular flexibility index (Phi) is 15.8. The minimum absolute atomic E-state index is 0.126. The van der Waals surface area contributed by atoms with E-state index in [0.717, 1.165) is 112 Å². The number of carbonyl (C=O) groups excluding carboxylic acids is 2. The standard InChI is InChI=1S/2C30H38O2.2C7H12O/c2*1-25(2)23-13-15-27(25,5)29(31,19-23)17-11-21-7-9-22(10-8-21)12-18-30(32)20-24-14-16-28(30,6)26(24,3)4;2*1-6-3-2-4-7(8)5-6/h2*7-10,23-24,31-32H,13-16,19-20H2,1-6H3;2*6H,2-5H2,1H3/t2*23-,24-,27-,28-,29-,30-;2*6-/m1100/s1. The monoisotopic (exact) mass is 1080 g/mol. The van der Waals surface area contributed by atoms with Gasteiger partial charge in [0.2, 0.25) is 0 Å². The molecule has 2 aromatic rings. The Bertz CT molecular complexity index is 2590. The molecule has 0 radical (unpaired) electrons. The quantitative estimate of drug-likeness (QED) is 0.195. The van der Waals surface area contributed by atoms with Crippen LogP contribution in [0.4, 0.5) is 0 Å². The van der Waals surface area contributed by atoms with Gasteiger partial charge >= 0.3 is 0 Å². The van der Waals surface area contributed by atoms with Crippen LogP contribution in [0.2, 0.25) is 0 Å².